The van der Waals surface area contributed by atoms with Crippen molar-refractivity contribution in [2.75, 3.05) is 25.4 Å². The van der Waals surface area contributed by atoms with Crippen LogP contribution in [0.1, 0.15) is 41.1 Å². The van der Waals surface area contributed by atoms with Crippen LogP contribution in [0.2, 0.25) is 0 Å². The minimum Gasteiger partial charge on any atom is -0.383 e. The van der Waals surface area contributed by atoms with Gasteiger partial charge in [0.25, 0.3) is 0 Å². The molecule has 8 nitrogen and oxygen atoms in total. The number of amides is 1. The topological polar surface area (TPSA) is 93.2 Å². The molecule has 4 aromatic rings. The van der Waals surface area contributed by atoms with E-state index in [4.69, 9.17) is 10.8 Å². The van der Waals surface area contributed by atoms with Crippen LogP contribution in [0.25, 0.3) is 22.3 Å². The highest BCUT2D eigenvalue weighted by Crippen LogP contribution is 2.37. The van der Waals surface area contributed by atoms with Crippen LogP contribution in [0.3, 0.4) is 0 Å². The maximum Gasteiger partial charge on any atom is 0.416 e. The van der Waals surface area contributed by atoms with Crippen LogP contribution in [0, 0.1) is 0 Å². The molecule has 6 rings (SSSR count). The van der Waals surface area contributed by atoms with Gasteiger partial charge in [-0.15, -0.1) is 0 Å². The smallest absolute Gasteiger partial charge is 0.383 e. The van der Waals surface area contributed by atoms with E-state index < -0.39 is 11.7 Å². The summed E-state index contributed by atoms with van der Waals surface area (Å²) in [6.07, 6.45) is 0.631. The average molecular weight is 562 g/mol. The number of piperidine rings is 1. The maximum atomic E-state index is 13.6. The molecule has 0 saturated carbocycles. The Morgan fingerprint density at radius 1 is 1.12 bits per heavy atom. The van der Waals surface area contributed by atoms with E-state index in [-0.39, 0.29) is 18.5 Å². The second-order valence-corrected chi connectivity index (χ2v) is 10.6. The number of carbonyl (C=O) groups is 1. The number of nitrogen functional groups attached to an aromatic ring is 1. The molecular formula is C30H30F3N7O. The number of rotatable bonds is 5. The fourth-order valence-corrected chi connectivity index (χ4v) is 6.00. The number of carbonyl (C=O) groups excluding carboxylic acids is 1. The number of likely N-dealkylation sites (tertiary alicyclic amines) is 1. The van der Waals surface area contributed by atoms with Crippen LogP contribution in [-0.4, -0.2) is 55.1 Å². The maximum absolute atomic E-state index is 13.6. The number of halogens is 3. The fraction of sp³-hybridized carbons (Fsp3) is 0.333. The third kappa shape index (κ3) is 5.17. The fourth-order valence-electron chi connectivity index (χ4n) is 6.00. The standard InChI is InChI=1S/C30H30F3N7O/c1-2-25(41)39-13-4-6-22(16-39)40-29-26(28(34)35-18-36-29)27(37-40)21-10-8-19(9-11-21)15-38-14-12-20-5-3-7-24(23(20)17-38)30(31,32)33/h2-3,5,7-11,18,22H,1,4,6,12-17H2,(H2,34,35,36). The zero-order valence-electron chi connectivity index (χ0n) is 22.4. The zero-order chi connectivity index (χ0) is 28.7. The van der Waals surface area contributed by atoms with Crippen molar-refractivity contribution in [2.45, 2.75) is 44.6 Å². The van der Waals surface area contributed by atoms with E-state index in [0.717, 1.165) is 35.6 Å². The van der Waals surface area contributed by atoms with Crippen molar-refractivity contribution in [3.63, 3.8) is 0 Å². The summed E-state index contributed by atoms with van der Waals surface area (Å²) in [4.78, 5) is 24.8. The summed E-state index contributed by atoms with van der Waals surface area (Å²) in [6, 6.07) is 12.2. The van der Waals surface area contributed by atoms with E-state index in [2.05, 4.69) is 16.5 Å². The summed E-state index contributed by atoms with van der Waals surface area (Å²) >= 11 is 0. The molecule has 0 spiro atoms. The molecule has 0 radical (unpaired) electrons. The molecule has 2 N–H and O–H groups in total. The Morgan fingerprint density at radius 2 is 1.93 bits per heavy atom. The third-order valence-corrected chi connectivity index (χ3v) is 8.04. The lowest BCUT2D eigenvalue weighted by molar-refractivity contribution is -0.138. The second-order valence-electron chi connectivity index (χ2n) is 10.6. The monoisotopic (exact) mass is 561 g/mol. The van der Waals surface area contributed by atoms with Crippen LogP contribution in [-0.2, 0) is 30.5 Å². The lowest BCUT2D eigenvalue weighted by atomic mass is 9.94. The molecule has 2 aliphatic heterocycles. The van der Waals surface area contributed by atoms with Crippen LogP contribution >= 0.6 is 0 Å². The largest absolute Gasteiger partial charge is 0.416 e. The minimum atomic E-state index is -4.37. The first-order chi connectivity index (χ1) is 19.7. The van der Waals surface area contributed by atoms with Crippen molar-refractivity contribution in [1.82, 2.24) is 29.5 Å². The number of nitrogens with two attached hydrogens (primary N) is 1. The highest BCUT2D eigenvalue weighted by molar-refractivity contribution is 5.98. The molecule has 1 amide bonds. The van der Waals surface area contributed by atoms with Gasteiger partial charge >= 0.3 is 6.18 Å². The Morgan fingerprint density at radius 3 is 2.68 bits per heavy atom. The van der Waals surface area contributed by atoms with Gasteiger partial charge in [-0.3, -0.25) is 9.69 Å². The average Bonchev–Trinajstić information content (AvgIpc) is 3.37. The molecule has 0 bridgehead atoms. The molecule has 0 aliphatic carbocycles. The summed E-state index contributed by atoms with van der Waals surface area (Å²) in [6.45, 7) is 6.25. The van der Waals surface area contributed by atoms with Crippen molar-refractivity contribution in [3.05, 3.63) is 83.7 Å². The second kappa shape index (κ2) is 10.6. The van der Waals surface area contributed by atoms with E-state index in [1.54, 1.807) is 11.0 Å². The van der Waals surface area contributed by atoms with E-state index in [0.29, 0.717) is 60.7 Å². The van der Waals surface area contributed by atoms with Crippen molar-refractivity contribution >= 4 is 22.8 Å². The quantitative estimate of drug-likeness (QED) is 0.345. The molecule has 41 heavy (non-hydrogen) atoms. The van der Waals surface area contributed by atoms with Crippen LogP contribution < -0.4 is 5.73 Å². The lowest BCUT2D eigenvalue weighted by Gasteiger charge is -2.32. The molecular weight excluding hydrogens is 531 g/mol. The van der Waals surface area contributed by atoms with Crippen LogP contribution in [0.5, 0.6) is 0 Å². The third-order valence-electron chi connectivity index (χ3n) is 8.04. The first-order valence-electron chi connectivity index (χ1n) is 13.6. The Balaban J connectivity index is 1.26. The van der Waals surface area contributed by atoms with E-state index in [1.165, 1.54) is 18.5 Å². The van der Waals surface area contributed by atoms with Crippen molar-refractivity contribution in [3.8, 4) is 11.3 Å². The summed E-state index contributed by atoms with van der Waals surface area (Å²) in [5.74, 6) is 0.213. The molecule has 2 aromatic heterocycles. The first-order valence-corrected chi connectivity index (χ1v) is 13.6. The molecule has 212 valence electrons. The Kier molecular flexibility index (Phi) is 6.98. The van der Waals surface area contributed by atoms with E-state index >= 15 is 0 Å². The van der Waals surface area contributed by atoms with Crippen LogP contribution in [0.4, 0.5) is 19.0 Å². The van der Waals surface area contributed by atoms with Gasteiger partial charge in [-0.2, -0.15) is 18.3 Å². The summed E-state index contributed by atoms with van der Waals surface area (Å²) in [7, 11) is 0. The molecule has 11 heteroatoms. The SMILES string of the molecule is C=CC(=O)N1CCCC(n2nc(-c3ccc(CN4CCc5cccc(C(F)(F)F)c5C4)cc3)c3c(N)ncnc32)C1. The Hall–Kier alpha value is -4.25. The molecule has 4 heterocycles. The number of benzene rings is 2. The minimum absolute atomic E-state index is 0.0685. The van der Waals surface area contributed by atoms with Gasteiger partial charge in [0.1, 0.15) is 17.8 Å². The molecule has 2 aliphatic rings. The number of alkyl halides is 3. The number of hydrogen-bond donors (Lipinski definition) is 1. The molecule has 1 saturated heterocycles. The molecule has 2 aromatic carbocycles. The van der Waals surface area contributed by atoms with Crippen molar-refractivity contribution in [2.24, 2.45) is 0 Å². The first kappa shape index (κ1) is 26.9. The van der Waals surface area contributed by atoms with Gasteiger partial charge < -0.3 is 10.6 Å². The molecule has 1 fully saturated rings. The van der Waals surface area contributed by atoms with Gasteiger partial charge in [-0.05, 0) is 48.1 Å². The van der Waals surface area contributed by atoms with Gasteiger partial charge in [0.2, 0.25) is 5.91 Å². The van der Waals surface area contributed by atoms with Crippen molar-refractivity contribution < 1.29 is 18.0 Å². The summed E-state index contributed by atoms with van der Waals surface area (Å²) in [5, 5.41) is 5.57. The van der Waals surface area contributed by atoms with Gasteiger partial charge in [-0.1, -0.05) is 43.0 Å². The molecule has 1 unspecified atom stereocenters. The van der Waals surface area contributed by atoms with E-state index in [1.807, 2.05) is 33.8 Å². The van der Waals surface area contributed by atoms with E-state index in [9.17, 15) is 18.0 Å². The van der Waals surface area contributed by atoms with Gasteiger partial charge in [0.05, 0.1) is 17.0 Å². The predicted molar refractivity (Wildman–Crippen MR) is 149 cm³/mol. The predicted octanol–water partition coefficient (Wildman–Crippen LogP) is 5.00. The molecule has 1 atom stereocenters. The highest BCUT2D eigenvalue weighted by atomic mass is 19.4. The number of anilines is 1. The highest BCUT2D eigenvalue weighted by Gasteiger charge is 2.35. The van der Waals surface area contributed by atoms with Crippen molar-refractivity contribution in [1.29, 1.82) is 0 Å². The van der Waals surface area contributed by atoms with Gasteiger partial charge in [0, 0.05) is 38.3 Å². The Labute approximate surface area is 235 Å². The van der Waals surface area contributed by atoms with Gasteiger partial charge in [-0.25, -0.2) is 14.6 Å². The Bertz CT molecular complexity index is 1610. The summed E-state index contributed by atoms with van der Waals surface area (Å²) < 4.78 is 42.7. The number of aromatic nitrogens is 4. The normalized spacial score (nSPS) is 17.9. The number of fused-ring (bicyclic) bond motifs is 2. The van der Waals surface area contributed by atoms with Crippen LogP contribution in [0.15, 0.2) is 61.4 Å². The zero-order valence-corrected chi connectivity index (χ0v) is 22.4. The lowest BCUT2D eigenvalue weighted by Crippen LogP contribution is -2.40. The van der Waals surface area contributed by atoms with Gasteiger partial charge in [0.15, 0.2) is 5.65 Å². The number of nitrogens with zero attached hydrogens (tertiary/aromatic N) is 6. The number of hydrogen-bond acceptors (Lipinski definition) is 6. The summed E-state index contributed by atoms with van der Waals surface area (Å²) in [5.41, 5.74) is 9.97.